The highest BCUT2D eigenvalue weighted by molar-refractivity contribution is 5.31. The first-order chi connectivity index (χ1) is 7.22. The molecular formula is C11H22N4. The van der Waals surface area contributed by atoms with Gasteiger partial charge in [-0.2, -0.15) is 5.10 Å². The van der Waals surface area contributed by atoms with E-state index in [4.69, 9.17) is 5.73 Å². The zero-order valence-corrected chi connectivity index (χ0v) is 9.74. The Morgan fingerprint density at radius 1 is 1.53 bits per heavy atom. The number of hydrogen-bond acceptors (Lipinski definition) is 3. The van der Waals surface area contributed by atoms with E-state index in [1.165, 1.54) is 12.8 Å². The molecule has 1 aromatic rings. The summed E-state index contributed by atoms with van der Waals surface area (Å²) in [7, 11) is 1.93. The summed E-state index contributed by atoms with van der Waals surface area (Å²) < 4.78 is 1.80. The highest BCUT2D eigenvalue weighted by Crippen LogP contribution is 2.09. The van der Waals surface area contributed by atoms with Crippen molar-refractivity contribution >= 4 is 5.82 Å². The first-order valence-corrected chi connectivity index (χ1v) is 5.66. The summed E-state index contributed by atoms with van der Waals surface area (Å²) in [6.45, 7) is 4.05. The zero-order chi connectivity index (χ0) is 11.1. The SMILES string of the molecule is CC(CCN)CCCNc1ccn(C)n1. The summed E-state index contributed by atoms with van der Waals surface area (Å²) in [6, 6.07) is 1.99. The maximum atomic E-state index is 5.50. The van der Waals surface area contributed by atoms with Crippen molar-refractivity contribution in [2.24, 2.45) is 18.7 Å². The number of nitrogens with zero attached hydrogens (tertiary/aromatic N) is 2. The van der Waals surface area contributed by atoms with Crippen molar-refractivity contribution in [3.63, 3.8) is 0 Å². The van der Waals surface area contributed by atoms with Crippen LogP contribution in [0.2, 0.25) is 0 Å². The average molecular weight is 210 g/mol. The molecule has 0 aliphatic heterocycles. The summed E-state index contributed by atoms with van der Waals surface area (Å²) in [5.74, 6) is 1.70. The lowest BCUT2D eigenvalue weighted by Gasteiger charge is -2.09. The maximum Gasteiger partial charge on any atom is 0.147 e. The Labute approximate surface area is 91.8 Å². The Morgan fingerprint density at radius 3 is 2.93 bits per heavy atom. The lowest BCUT2D eigenvalue weighted by Crippen LogP contribution is -2.08. The lowest BCUT2D eigenvalue weighted by atomic mass is 10.0. The highest BCUT2D eigenvalue weighted by atomic mass is 15.3. The monoisotopic (exact) mass is 210 g/mol. The average Bonchev–Trinajstić information content (AvgIpc) is 2.60. The van der Waals surface area contributed by atoms with Gasteiger partial charge in [0.1, 0.15) is 5.82 Å². The summed E-state index contributed by atoms with van der Waals surface area (Å²) in [5.41, 5.74) is 5.50. The fraction of sp³-hybridized carbons (Fsp3) is 0.727. The molecule has 3 N–H and O–H groups in total. The van der Waals surface area contributed by atoms with Gasteiger partial charge in [-0.3, -0.25) is 4.68 Å². The first kappa shape index (κ1) is 12.0. The van der Waals surface area contributed by atoms with Crippen molar-refractivity contribution in [1.29, 1.82) is 0 Å². The fourth-order valence-electron chi connectivity index (χ4n) is 1.61. The van der Waals surface area contributed by atoms with E-state index in [2.05, 4.69) is 17.3 Å². The fourth-order valence-corrected chi connectivity index (χ4v) is 1.61. The van der Waals surface area contributed by atoms with Crippen LogP contribution in [-0.4, -0.2) is 22.9 Å². The van der Waals surface area contributed by atoms with Gasteiger partial charge in [0.05, 0.1) is 0 Å². The first-order valence-electron chi connectivity index (χ1n) is 5.66. The van der Waals surface area contributed by atoms with Gasteiger partial charge in [-0.25, -0.2) is 0 Å². The summed E-state index contributed by atoms with van der Waals surface area (Å²) in [6.07, 6.45) is 5.48. The predicted octanol–water partition coefficient (Wildman–Crippen LogP) is 1.60. The van der Waals surface area contributed by atoms with Crippen LogP contribution in [0.4, 0.5) is 5.82 Å². The van der Waals surface area contributed by atoms with Crippen LogP contribution in [-0.2, 0) is 7.05 Å². The van der Waals surface area contributed by atoms with Gasteiger partial charge in [0.15, 0.2) is 0 Å². The molecule has 1 heterocycles. The second kappa shape index (κ2) is 6.45. The number of rotatable bonds is 7. The third-order valence-electron chi connectivity index (χ3n) is 2.55. The van der Waals surface area contributed by atoms with Crippen LogP contribution in [0.25, 0.3) is 0 Å². The summed E-state index contributed by atoms with van der Waals surface area (Å²) in [5, 5.41) is 7.55. The van der Waals surface area contributed by atoms with E-state index in [1.807, 2.05) is 19.3 Å². The molecule has 0 saturated carbocycles. The van der Waals surface area contributed by atoms with Crippen LogP contribution in [0, 0.1) is 5.92 Å². The number of anilines is 1. The minimum atomic E-state index is 0.737. The Morgan fingerprint density at radius 2 is 2.33 bits per heavy atom. The smallest absolute Gasteiger partial charge is 0.147 e. The molecule has 0 amide bonds. The zero-order valence-electron chi connectivity index (χ0n) is 9.74. The van der Waals surface area contributed by atoms with Crippen molar-refractivity contribution in [2.75, 3.05) is 18.4 Å². The molecule has 0 saturated heterocycles. The number of hydrogen-bond donors (Lipinski definition) is 2. The normalized spacial score (nSPS) is 12.7. The summed E-state index contributed by atoms with van der Waals surface area (Å²) >= 11 is 0. The number of nitrogens with one attached hydrogen (secondary N) is 1. The van der Waals surface area contributed by atoms with Gasteiger partial charge in [0, 0.05) is 25.9 Å². The van der Waals surface area contributed by atoms with Gasteiger partial charge in [-0.15, -0.1) is 0 Å². The van der Waals surface area contributed by atoms with E-state index in [9.17, 15) is 0 Å². The lowest BCUT2D eigenvalue weighted by molar-refractivity contribution is 0.488. The van der Waals surface area contributed by atoms with E-state index in [0.717, 1.165) is 31.2 Å². The second-order valence-electron chi connectivity index (χ2n) is 4.13. The van der Waals surface area contributed by atoms with E-state index in [0.29, 0.717) is 0 Å². The molecular weight excluding hydrogens is 188 g/mol. The topological polar surface area (TPSA) is 55.9 Å². The molecule has 0 fully saturated rings. The molecule has 0 radical (unpaired) electrons. The van der Waals surface area contributed by atoms with Gasteiger partial charge >= 0.3 is 0 Å². The van der Waals surface area contributed by atoms with Crippen LogP contribution in [0.5, 0.6) is 0 Å². The standard InChI is InChI=1S/C11H22N4/c1-10(5-7-12)4-3-8-13-11-6-9-15(2)14-11/h6,9-10H,3-5,7-8,12H2,1-2H3,(H,13,14). The van der Waals surface area contributed by atoms with Crippen molar-refractivity contribution in [2.45, 2.75) is 26.2 Å². The molecule has 1 aromatic heterocycles. The molecule has 86 valence electrons. The molecule has 0 spiro atoms. The van der Waals surface area contributed by atoms with E-state index in [1.54, 1.807) is 4.68 Å². The molecule has 4 heteroatoms. The van der Waals surface area contributed by atoms with Crippen LogP contribution < -0.4 is 11.1 Å². The van der Waals surface area contributed by atoms with Gasteiger partial charge in [-0.05, 0) is 31.7 Å². The molecule has 1 rings (SSSR count). The third kappa shape index (κ3) is 4.83. The van der Waals surface area contributed by atoms with Crippen molar-refractivity contribution in [3.8, 4) is 0 Å². The predicted molar refractivity (Wildman–Crippen MR) is 63.8 cm³/mol. The number of nitrogens with two attached hydrogens (primary N) is 1. The number of aryl methyl sites for hydroxylation is 1. The quantitative estimate of drug-likeness (QED) is 0.672. The Bertz CT molecular complexity index is 269. The summed E-state index contributed by atoms with van der Waals surface area (Å²) in [4.78, 5) is 0. The maximum absolute atomic E-state index is 5.50. The molecule has 1 atom stereocenters. The minimum absolute atomic E-state index is 0.737. The largest absolute Gasteiger partial charge is 0.369 e. The molecule has 0 aliphatic carbocycles. The van der Waals surface area contributed by atoms with E-state index in [-0.39, 0.29) is 0 Å². The van der Waals surface area contributed by atoms with Crippen molar-refractivity contribution < 1.29 is 0 Å². The van der Waals surface area contributed by atoms with Gasteiger partial charge in [-0.1, -0.05) is 6.92 Å². The Hall–Kier alpha value is -1.03. The highest BCUT2D eigenvalue weighted by Gasteiger charge is 2.00. The van der Waals surface area contributed by atoms with E-state index >= 15 is 0 Å². The third-order valence-corrected chi connectivity index (χ3v) is 2.55. The van der Waals surface area contributed by atoms with Crippen molar-refractivity contribution in [3.05, 3.63) is 12.3 Å². The molecule has 4 nitrogen and oxygen atoms in total. The second-order valence-corrected chi connectivity index (χ2v) is 4.13. The molecule has 1 unspecified atom stereocenters. The Balaban J connectivity index is 2.06. The van der Waals surface area contributed by atoms with Gasteiger partial charge in [0.25, 0.3) is 0 Å². The minimum Gasteiger partial charge on any atom is -0.369 e. The number of aromatic nitrogens is 2. The van der Waals surface area contributed by atoms with Crippen LogP contribution in [0.1, 0.15) is 26.2 Å². The molecule has 0 aliphatic rings. The van der Waals surface area contributed by atoms with Crippen LogP contribution >= 0.6 is 0 Å². The molecule has 15 heavy (non-hydrogen) atoms. The van der Waals surface area contributed by atoms with Crippen LogP contribution in [0.15, 0.2) is 12.3 Å². The van der Waals surface area contributed by atoms with Gasteiger partial charge < -0.3 is 11.1 Å². The van der Waals surface area contributed by atoms with Crippen LogP contribution in [0.3, 0.4) is 0 Å². The molecule has 0 aromatic carbocycles. The van der Waals surface area contributed by atoms with Gasteiger partial charge in [0.2, 0.25) is 0 Å². The Kier molecular flexibility index (Phi) is 5.18. The molecule has 0 bridgehead atoms. The van der Waals surface area contributed by atoms with E-state index < -0.39 is 0 Å². The van der Waals surface area contributed by atoms with Crippen molar-refractivity contribution in [1.82, 2.24) is 9.78 Å².